The van der Waals surface area contributed by atoms with Crippen molar-refractivity contribution in [3.63, 3.8) is 0 Å². The molecule has 1 aliphatic carbocycles. The fourth-order valence-electron chi connectivity index (χ4n) is 3.89. The average Bonchev–Trinajstić information content (AvgIpc) is 3.39. The van der Waals surface area contributed by atoms with Crippen LogP contribution in [0, 0.1) is 0 Å². The number of aromatic nitrogens is 3. The highest BCUT2D eigenvalue weighted by molar-refractivity contribution is 7.99. The van der Waals surface area contributed by atoms with E-state index in [1.165, 1.54) is 42.4 Å². The van der Waals surface area contributed by atoms with Crippen molar-refractivity contribution in [2.24, 2.45) is 0 Å². The lowest BCUT2D eigenvalue weighted by molar-refractivity contribution is -0.129. The number of hydrogen-bond donors (Lipinski definition) is 0. The second kappa shape index (κ2) is 9.26. The minimum atomic E-state index is 0.138. The van der Waals surface area contributed by atoms with Crippen molar-refractivity contribution < 1.29 is 14.3 Å². The largest absolute Gasteiger partial charge is 0.497 e. The first-order valence-electron chi connectivity index (χ1n) is 10.1. The van der Waals surface area contributed by atoms with E-state index in [1.807, 2.05) is 39.9 Å². The van der Waals surface area contributed by atoms with E-state index in [0.717, 1.165) is 40.6 Å². The molecule has 4 rings (SSSR count). The third-order valence-corrected chi connectivity index (χ3v) is 7.37. The van der Waals surface area contributed by atoms with Crippen LogP contribution in [0.5, 0.6) is 11.5 Å². The molecular weight excluding hydrogens is 420 g/mol. The first kappa shape index (κ1) is 21.0. The lowest BCUT2D eigenvalue weighted by Crippen LogP contribution is -2.39. The maximum atomic E-state index is 12.8. The van der Waals surface area contributed by atoms with Crippen molar-refractivity contribution in [3.8, 4) is 22.8 Å². The van der Waals surface area contributed by atoms with E-state index in [9.17, 15) is 4.79 Å². The molecule has 160 valence electrons. The number of carbonyl (C=O) groups excluding carboxylic acids is 1. The van der Waals surface area contributed by atoms with Crippen LogP contribution in [0.3, 0.4) is 0 Å². The summed E-state index contributed by atoms with van der Waals surface area (Å²) < 4.78 is 12.9. The maximum absolute atomic E-state index is 12.8. The topological polar surface area (TPSA) is 69.0 Å². The molecular formula is C21H26N4O3S2. The van der Waals surface area contributed by atoms with Crippen molar-refractivity contribution in [2.75, 3.05) is 27.0 Å². The Hall–Kier alpha value is -2.26. The van der Waals surface area contributed by atoms with Gasteiger partial charge in [0.1, 0.15) is 11.5 Å². The first-order chi connectivity index (χ1) is 14.6. The predicted molar refractivity (Wildman–Crippen MR) is 120 cm³/mol. The quantitative estimate of drug-likeness (QED) is 0.503. The number of carbonyl (C=O) groups is 1. The van der Waals surface area contributed by atoms with Gasteiger partial charge in [-0.25, -0.2) is 0 Å². The SMILES string of the molecule is COc1ccc(OC)c(-c2csc3nnc(SCC(=O)N(C)C4CCCCC4)n23)c1. The van der Waals surface area contributed by atoms with E-state index in [2.05, 4.69) is 10.2 Å². The van der Waals surface area contributed by atoms with E-state index in [0.29, 0.717) is 17.0 Å². The van der Waals surface area contributed by atoms with Crippen LogP contribution in [-0.2, 0) is 4.79 Å². The number of ether oxygens (including phenoxy) is 2. The van der Waals surface area contributed by atoms with Gasteiger partial charge in [-0.05, 0) is 31.0 Å². The van der Waals surface area contributed by atoms with Crippen LogP contribution in [0.15, 0.2) is 28.7 Å². The van der Waals surface area contributed by atoms with Gasteiger partial charge in [0.2, 0.25) is 10.9 Å². The third kappa shape index (κ3) is 4.13. The van der Waals surface area contributed by atoms with Crippen LogP contribution < -0.4 is 9.47 Å². The highest BCUT2D eigenvalue weighted by Crippen LogP contribution is 2.37. The van der Waals surface area contributed by atoms with Crippen molar-refractivity contribution in [1.29, 1.82) is 0 Å². The summed E-state index contributed by atoms with van der Waals surface area (Å²) in [6.45, 7) is 0. The summed E-state index contributed by atoms with van der Waals surface area (Å²) in [6, 6.07) is 6.06. The van der Waals surface area contributed by atoms with Gasteiger partial charge in [0.25, 0.3) is 0 Å². The Morgan fingerprint density at radius 1 is 1.23 bits per heavy atom. The summed E-state index contributed by atoms with van der Waals surface area (Å²) in [6.07, 6.45) is 5.90. The molecule has 0 radical (unpaired) electrons. The maximum Gasteiger partial charge on any atom is 0.233 e. The molecule has 0 N–H and O–H groups in total. The molecule has 1 saturated carbocycles. The fraction of sp³-hybridized carbons (Fsp3) is 0.476. The lowest BCUT2D eigenvalue weighted by Gasteiger charge is -2.31. The van der Waals surface area contributed by atoms with Gasteiger partial charge in [-0.1, -0.05) is 31.0 Å². The minimum Gasteiger partial charge on any atom is -0.497 e. The molecule has 0 saturated heterocycles. The molecule has 7 nitrogen and oxygen atoms in total. The summed E-state index contributed by atoms with van der Waals surface area (Å²) in [7, 11) is 5.22. The van der Waals surface area contributed by atoms with Gasteiger partial charge in [0, 0.05) is 24.0 Å². The molecule has 1 aliphatic rings. The summed E-state index contributed by atoms with van der Waals surface area (Å²) in [4.78, 5) is 15.5. The fourth-order valence-corrected chi connectivity index (χ4v) is 5.65. The molecule has 1 aromatic carbocycles. The molecule has 0 spiro atoms. The summed E-state index contributed by atoms with van der Waals surface area (Å²) in [5, 5.41) is 11.4. The number of methoxy groups -OCH3 is 2. The highest BCUT2D eigenvalue weighted by Gasteiger charge is 2.23. The Morgan fingerprint density at radius 3 is 2.77 bits per heavy atom. The van der Waals surface area contributed by atoms with E-state index < -0.39 is 0 Å². The number of rotatable bonds is 7. The smallest absolute Gasteiger partial charge is 0.233 e. The normalized spacial score (nSPS) is 14.8. The Bertz CT molecular complexity index is 1030. The molecule has 0 unspecified atom stereocenters. The molecule has 0 aliphatic heterocycles. The van der Waals surface area contributed by atoms with Crippen LogP contribution in [-0.4, -0.2) is 58.5 Å². The molecule has 9 heteroatoms. The van der Waals surface area contributed by atoms with Crippen LogP contribution in [0.1, 0.15) is 32.1 Å². The summed E-state index contributed by atoms with van der Waals surface area (Å²) in [5.41, 5.74) is 1.82. The molecule has 3 aromatic rings. The molecule has 30 heavy (non-hydrogen) atoms. The van der Waals surface area contributed by atoms with Crippen LogP contribution in [0.25, 0.3) is 16.2 Å². The Labute approximate surface area is 184 Å². The van der Waals surface area contributed by atoms with Crippen LogP contribution >= 0.6 is 23.1 Å². The zero-order chi connectivity index (χ0) is 21.1. The van der Waals surface area contributed by atoms with Crippen molar-refractivity contribution in [2.45, 2.75) is 43.3 Å². The van der Waals surface area contributed by atoms with Gasteiger partial charge in [-0.2, -0.15) is 0 Å². The van der Waals surface area contributed by atoms with E-state index in [-0.39, 0.29) is 5.91 Å². The summed E-state index contributed by atoms with van der Waals surface area (Å²) in [5.74, 6) is 1.97. The predicted octanol–water partition coefficient (Wildman–Crippen LogP) is 4.36. The number of hydrogen-bond acceptors (Lipinski definition) is 7. The summed E-state index contributed by atoms with van der Waals surface area (Å²) >= 11 is 2.94. The van der Waals surface area contributed by atoms with E-state index >= 15 is 0 Å². The van der Waals surface area contributed by atoms with E-state index in [4.69, 9.17) is 9.47 Å². The number of thioether (sulfide) groups is 1. The Kier molecular flexibility index (Phi) is 6.48. The van der Waals surface area contributed by atoms with Crippen LogP contribution in [0.4, 0.5) is 0 Å². The van der Waals surface area contributed by atoms with E-state index in [1.54, 1.807) is 14.2 Å². The third-order valence-electron chi connectivity index (χ3n) is 5.64. The molecule has 0 bridgehead atoms. The monoisotopic (exact) mass is 446 g/mol. The standard InChI is InChI=1S/C21H26N4O3S2/c1-24(14-7-5-4-6-8-14)19(26)13-30-21-23-22-20-25(21)17(12-29-20)16-11-15(27-2)9-10-18(16)28-3/h9-12,14H,4-8,13H2,1-3H3. The van der Waals surface area contributed by atoms with Gasteiger partial charge in [-0.15, -0.1) is 21.5 Å². The Morgan fingerprint density at radius 2 is 2.03 bits per heavy atom. The van der Waals surface area contributed by atoms with Crippen molar-refractivity contribution in [1.82, 2.24) is 19.5 Å². The van der Waals surface area contributed by atoms with Crippen molar-refractivity contribution >= 4 is 34.0 Å². The minimum absolute atomic E-state index is 0.138. The molecule has 0 atom stereocenters. The number of thiazole rings is 1. The number of nitrogens with zero attached hydrogens (tertiary/aromatic N) is 4. The van der Waals surface area contributed by atoms with Crippen LogP contribution in [0.2, 0.25) is 0 Å². The second-order valence-corrected chi connectivity index (χ2v) is 9.15. The number of benzene rings is 1. The Balaban J connectivity index is 1.57. The molecule has 1 fully saturated rings. The highest BCUT2D eigenvalue weighted by atomic mass is 32.2. The number of fused-ring (bicyclic) bond motifs is 1. The first-order valence-corrected chi connectivity index (χ1v) is 11.9. The number of amides is 1. The zero-order valence-electron chi connectivity index (χ0n) is 17.5. The average molecular weight is 447 g/mol. The van der Waals surface area contributed by atoms with Crippen molar-refractivity contribution in [3.05, 3.63) is 23.6 Å². The molecule has 2 heterocycles. The van der Waals surface area contributed by atoms with Gasteiger partial charge in [0.15, 0.2) is 5.16 Å². The zero-order valence-corrected chi connectivity index (χ0v) is 19.1. The van der Waals surface area contributed by atoms with Gasteiger partial charge in [-0.3, -0.25) is 9.20 Å². The molecule has 2 aromatic heterocycles. The second-order valence-electron chi connectivity index (χ2n) is 7.37. The lowest BCUT2D eigenvalue weighted by atomic mass is 9.94. The molecule has 1 amide bonds. The van der Waals surface area contributed by atoms with Gasteiger partial charge < -0.3 is 14.4 Å². The van der Waals surface area contributed by atoms with Gasteiger partial charge >= 0.3 is 0 Å². The van der Waals surface area contributed by atoms with Gasteiger partial charge in [0.05, 0.1) is 25.7 Å².